The van der Waals surface area contributed by atoms with E-state index in [9.17, 15) is 30.3 Å². The van der Waals surface area contributed by atoms with Crippen LogP contribution in [0.1, 0.15) is 94.9 Å². The normalized spacial score (nSPS) is 49.3. The molecule has 52 heavy (non-hydrogen) atoms. The molecule has 0 radical (unpaired) electrons. The van der Waals surface area contributed by atoms with Crippen LogP contribution in [0, 0.1) is 17.8 Å². The van der Waals surface area contributed by atoms with Crippen LogP contribution in [0.4, 0.5) is 0 Å². The molecule has 8 N–H and O–H groups in total. The molecule has 18 atom stereocenters. The van der Waals surface area contributed by atoms with E-state index >= 15 is 0 Å². The van der Waals surface area contributed by atoms with Crippen LogP contribution in [0.5, 0.6) is 0 Å². The van der Waals surface area contributed by atoms with Gasteiger partial charge in [-0.1, -0.05) is 20.8 Å². The second-order valence-electron chi connectivity index (χ2n) is 16.5. The minimum absolute atomic E-state index is 0. The monoisotopic (exact) mass is 753 g/mol. The first kappa shape index (κ1) is 47.1. The van der Waals surface area contributed by atoms with Crippen molar-refractivity contribution in [2.45, 2.75) is 185 Å². The van der Waals surface area contributed by atoms with E-state index in [0.29, 0.717) is 13.0 Å². The van der Waals surface area contributed by atoms with Gasteiger partial charge in [-0.3, -0.25) is 4.79 Å². The Balaban J connectivity index is 0.00000936. The molecule has 15 heteroatoms. The number of esters is 1. The maximum absolute atomic E-state index is 14.2. The quantitative estimate of drug-likeness (QED) is 0.198. The van der Waals surface area contributed by atoms with Crippen LogP contribution in [0.3, 0.4) is 0 Å². The lowest BCUT2D eigenvalue weighted by atomic mass is 9.77. The van der Waals surface area contributed by atoms with Gasteiger partial charge < -0.3 is 69.6 Å². The largest absolute Gasteiger partial charge is 0.459 e. The summed E-state index contributed by atoms with van der Waals surface area (Å²) in [5, 5.41) is 61.0. The number of aliphatic hydroxyl groups excluding tert-OH is 3. The Kier molecular flexibility index (Phi) is 17.0. The number of aliphatic hydroxyl groups is 5. The van der Waals surface area contributed by atoms with Gasteiger partial charge in [0, 0.05) is 38.1 Å². The zero-order valence-electron chi connectivity index (χ0n) is 33.7. The summed E-state index contributed by atoms with van der Waals surface area (Å²) in [6.45, 7) is 18.0. The average molecular weight is 753 g/mol. The Labute approximate surface area is 310 Å². The molecule has 0 aromatic carbocycles. The van der Waals surface area contributed by atoms with Crippen LogP contribution in [-0.2, 0) is 33.2 Å². The van der Waals surface area contributed by atoms with Crippen molar-refractivity contribution in [1.29, 1.82) is 0 Å². The van der Waals surface area contributed by atoms with Crippen molar-refractivity contribution >= 4 is 5.97 Å². The van der Waals surface area contributed by atoms with Gasteiger partial charge in [-0.05, 0) is 87.7 Å². The summed E-state index contributed by atoms with van der Waals surface area (Å²) in [7, 11) is 5.10. The van der Waals surface area contributed by atoms with Gasteiger partial charge in [0.1, 0.15) is 30.0 Å². The van der Waals surface area contributed by atoms with Gasteiger partial charge >= 0.3 is 5.97 Å². The summed E-state index contributed by atoms with van der Waals surface area (Å²) < 4.78 is 37.3. The predicted molar refractivity (Wildman–Crippen MR) is 193 cm³/mol. The van der Waals surface area contributed by atoms with Gasteiger partial charge in [-0.15, -0.1) is 0 Å². The van der Waals surface area contributed by atoms with E-state index in [-0.39, 0.29) is 42.8 Å². The van der Waals surface area contributed by atoms with E-state index in [1.165, 1.54) is 14.0 Å². The van der Waals surface area contributed by atoms with Gasteiger partial charge in [0.25, 0.3) is 0 Å². The van der Waals surface area contributed by atoms with Crippen LogP contribution in [0.2, 0.25) is 0 Å². The molecule has 3 heterocycles. The summed E-state index contributed by atoms with van der Waals surface area (Å²) in [4.78, 5) is 16.1. The van der Waals surface area contributed by atoms with E-state index in [2.05, 4.69) is 5.32 Å². The van der Waals surface area contributed by atoms with Crippen LogP contribution < -0.4 is 5.32 Å². The van der Waals surface area contributed by atoms with E-state index in [1.54, 1.807) is 48.6 Å². The Morgan fingerprint density at radius 1 is 0.962 bits per heavy atom. The molecule has 3 saturated heterocycles. The average Bonchev–Trinajstić information content (AvgIpc) is 3.05. The van der Waals surface area contributed by atoms with Crippen molar-refractivity contribution in [2.75, 3.05) is 27.7 Å². The number of carbonyl (C=O) groups excluding carboxylic acids is 1. The topological polar surface area (TPSA) is 220 Å². The zero-order chi connectivity index (χ0) is 38.8. The van der Waals surface area contributed by atoms with Crippen LogP contribution in [0.25, 0.3) is 0 Å². The van der Waals surface area contributed by atoms with E-state index in [1.807, 2.05) is 32.7 Å². The molecule has 308 valence electrons. The molecular formula is C37H72N2O13. The fourth-order valence-corrected chi connectivity index (χ4v) is 8.53. The number of hydrogen-bond donors (Lipinski definition) is 6. The van der Waals surface area contributed by atoms with Gasteiger partial charge in [0.2, 0.25) is 0 Å². The third-order valence-corrected chi connectivity index (χ3v) is 11.9. The second kappa shape index (κ2) is 18.7. The molecule has 3 unspecified atom stereocenters. The third kappa shape index (κ3) is 10.4. The summed E-state index contributed by atoms with van der Waals surface area (Å²) in [5.74, 6) is -2.59. The maximum atomic E-state index is 14.2. The number of hydrogen-bond acceptors (Lipinski definition) is 14. The Hall–Kier alpha value is -1.05. The van der Waals surface area contributed by atoms with Crippen molar-refractivity contribution < 1.29 is 64.2 Å². The van der Waals surface area contributed by atoms with Crippen molar-refractivity contribution in [3.63, 3.8) is 0 Å². The van der Waals surface area contributed by atoms with E-state index in [0.717, 1.165) is 0 Å². The summed E-state index contributed by atoms with van der Waals surface area (Å²) in [5.41, 5.74) is -4.37. The van der Waals surface area contributed by atoms with Crippen LogP contribution in [-0.4, -0.2) is 160 Å². The molecular weight excluding hydrogens is 680 g/mol. The Morgan fingerprint density at radius 2 is 1.58 bits per heavy atom. The van der Waals surface area contributed by atoms with Crippen molar-refractivity contribution in [2.24, 2.45) is 17.8 Å². The first-order valence-electron chi connectivity index (χ1n) is 18.8. The standard InChI is InChI=1S/C37H70N2O12.H2O/c1-14-26-37(10,45)30(41)23(6)39(12)18-19(2)16-35(8,44)32(51-34-28(40)25(38-11)15-20(3)47-34)21(4)29(22(5)33(43)49-26)50-27-17-36(9,46-13)31(42)24(7)48-27;/h19-32,34,38,40-42,44-45H,14-18H2,1-13H3;1H2/t19-,20-,21+,22-,23-,24+,25+,26?,27?,28-,29+,30-,31+,32-,34?,35-,36-,37-;/m1./s1. The molecule has 3 aliphatic rings. The first-order chi connectivity index (χ1) is 23.5. The maximum Gasteiger partial charge on any atom is 0.311 e. The minimum Gasteiger partial charge on any atom is -0.459 e. The highest BCUT2D eigenvalue weighted by Gasteiger charge is 2.52. The van der Waals surface area contributed by atoms with E-state index in [4.69, 9.17) is 28.4 Å². The molecule has 3 fully saturated rings. The van der Waals surface area contributed by atoms with Gasteiger partial charge in [-0.25, -0.2) is 0 Å². The molecule has 0 spiro atoms. The van der Waals surface area contributed by atoms with E-state index < -0.39 is 96.0 Å². The van der Waals surface area contributed by atoms with Crippen molar-refractivity contribution in [3.05, 3.63) is 0 Å². The lowest BCUT2D eigenvalue weighted by molar-refractivity contribution is -0.316. The predicted octanol–water partition coefficient (Wildman–Crippen LogP) is 0.734. The molecule has 0 aromatic heterocycles. The minimum atomic E-state index is -1.80. The molecule has 15 nitrogen and oxygen atoms in total. The number of cyclic esters (lactones) is 1. The highest BCUT2D eigenvalue weighted by Crippen LogP contribution is 2.40. The molecule has 0 saturated carbocycles. The molecule has 3 aliphatic heterocycles. The summed E-state index contributed by atoms with van der Waals surface area (Å²) in [6.07, 6.45) is -8.24. The number of ether oxygens (including phenoxy) is 6. The summed E-state index contributed by atoms with van der Waals surface area (Å²) >= 11 is 0. The smallest absolute Gasteiger partial charge is 0.311 e. The number of carbonyl (C=O) groups is 1. The Morgan fingerprint density at radius 3 is 2.13 bits per heavy atom. The highest BCUT2D eigenvalue weighted by atomic mass is 16.7. The second-order valence-corrected chi connectivity index (χ2v) is 16.5. The SMILES string of the molecule is CCC1OC(=O)[C@H](C)[C@@H](OC2C[C@@](C)(OC)[C@@H](O)[C@H](C)O2)[C@H](C)[C@@H](OC2O[C@H](C)C[C@H](NC)[C@H]2O)[C@](C)(O)C[C@@H](C)CN(C)[C@H](C)[C@@H](O)[C@]1(C)O.O. The number of methoxy groups -OCH3 is 1. The fraction of sp³-hybridized carbons (Fsp3) is 0.973. The summed E-state index contributed by atoms with van der Waals surface area (Å²) in [6, 6.07) is -0.858. The van der Waals surface area contributed by atoms with Crippen molar-refractivity contribution in [1.82, 2.24) is 10.2 Å². The van der Waals surface area contributed by atoms with Gasteiger partial charge in [0.05, 0.1) is 41.5 Å². The molecule has 0 amide bonds. The third-order valence-electron chi connectivity index (χ3n) is 11.9. The number of rotatable bonds is 7. The van der Waals surface area contributed by atoms with Crippen LogP contribution >= 0.6 is 0 Å². The van der Waals surface area contributed by atoms with Crippen molar-refractivity contribution in [3.8, 4) is 0 Å². The van der Waals surface area contributed by atoms with Gasteiger partial charge in [0.15, 0.2) is 12.6 Å². The van der Waals surface area contributed by atoms with Gasteiger partial charge in [-0.2, -0.15) is 0 Å². The molecule has 0 bridgehead atoms. The first-order valence-corrected chi connectivity index (χ1v) is 18.8. The number of nitrogens with one attached hydrogen (secondary N) is 1. The molecule has 0 aliphatic carbocycles. The fourth-order valence-electron chi connectivity index (χ4n) is 8.53. The Bertz CT molecular complexity index is 1120. The zero-order valence-corrected chi connectivity index (χ0v) is 33.7. The lowest BCUT2D eigenvalue weighted by Gasteiger charge is -2.48. The lowest BCUT2D eigenvalue weighted by Crippen LogP contribution is -2.60. The number of likely N-dealkylation sites (N-methyl/N-ethyl adjacent to an activating group) is 2. The molecule has 0 aromatic rings. The number of nitrogens with zero attached hydrogens (tertiary/aromatic N) is 1. The highest BCUT2D eigenvalue weighted by molar-refractivity contribution is 5.73. The van der Waals surface area contributed by atoms with Crippen LogP contribution in [0.15, 0.2) is 0 Å². The molecule has 3 rings (SSSR count).